The summed E-state index contributed by atoms with van der Waals surface area (Å²) in [5, 5.41) is 4.14. The van der Waals surface area contributed by atoms with E-state index in [-0.39, 0.29) is 23.0 Å². The molecule has 0 aliphatic carbocycles. The summed E-state index contributed by atoms with van der Waals surface area (Å²) in [6, 6.07) is 16.8. The van der Waals surface area contributed by atoms with E-state index in [2.05, 4.69) is 15.3 Å². The molecule has 1 amide bonds. The number of benzene rings is 3. The first-order valence-electron chi connectivity index (χ1n) is 10.3. The Labute approximate surface area is 203 Å². The van der Waals surface area contributed by atoms with Gasteiger partial charge in [-0.3, -0.25) is 9.79 Å². The van der Waals surface area contributed by atoms with Crippen LogP contribution in [-0.4, -0.2) is 23.1 Å². The Hall–Kier alpha value is -3.29. The van der Waals surface area contributed by atoms with Gasteiger partial charge in [0.15, 0.2) is 0 Å². The number of rotatable bonds is 6. The third-order valence-electron chi connectivity index (χ3n) is 5.18. The lowest BCUT2D eigenvalue weighted by Gasteiger charge is -2.12. The van der Waals surface area contributed by atoms with Crippen LogP contribution in [0.25, 0.3) is 10.9 Å². The zero-order valence-corrected chi connectivity index (χ0v) is 19.1. The smallest absolute Gasteiger partial charge is 0.361 e. The van der Waals surface area contributed by atoms with Crippen molar-refractivity contribution in [2.24, 2.45) is 4.99 Å². The van der Waals surface area contributed by atoms with Crippen molar-refractivity contribution in [2.45, 2.75) is 12.6 Å². The highest BCUT2D eigenvalue weighted by Crippen LogP contribution is 2.31. The third kappa shape index (κ3) is 5.43. The van der Waals surface area contributed by atoms with Crippen LogP contribution in [0.2, 0.25) is 10.0 Å². The molecule has 9 heteroatoms. The van der Waals surface area contributed by atoms with Gasteiger partial charge >= 0.3 is 6.18 Å². The fourth-order valence-electron chi connectivity index (χ4n) is 3.55. The van der Waals surface area contributed by atoms with Gasteiger partial charge in [-0.1, -0.05) is 47.5 Å². The lowest BCUT2D eigenvalue weighted by atomic mass is 10.1. The Kier molecular flexibility index (Phi) is 6.95. The molecule has 1 heterocycles. The van der Waals surface area contributed by atoms with Crippen LogP contribution in [0.15, 0.2) is 77.9 Å². The summed E-state index contributed by atoms with van der Waals surface area (Å²) in [4.78, 5) is 20.8. The Morgan fingerprint density at radius 3 is 2.56 bits per heavy atom. The van der Waals surface area contributed by atoms with Gasteiger partial charge in [0, 0.05) is 39.9 Å². The minimum absolute atomic E-state index is 0.00100. The predicted molar refractivity (Wildman–Crippen MR) is 130 cm³/mol. The number of aromatic amines is 1. The van der Waals surface area contributed by atoms with Gasteiger partial charge in [0.2, 0.25) is 0 Å². The number of carbonyl (C=O) groups excluding carboxylic acids is 1. The fraction of sp³-hybridized carbons (Fsp3) is 0.120. The van der Waals surface area contributed by atoms with Crippen molar-refractivity contribution in [2.75, 3.05) is 11.9 Å². The molecule has 0 saturated heterocycles. The van der Waals surface area contributed by atoms with E-state index in [0.29, 0.717) is 17.0 Å². The number of nitrogens with one attached hydrogen (secondary N) is 2. The molecule has 0 fully saturated rings. The van der Waals surface area contributed by atoms with Crippen LogP contribution in [0.5, 0.6) is 0 Å². The molecule has 3 aromatic carbocycles. The van der Waals surface area contributed by atoms with Crippen LogP contribution in [0.3, 0.4) is 0 Å². The molecule has 0 saturated carbocycles. The molecule has 2 N–H and O–H groups in total. The second-order valence-corrected chi connectivity index (χ2v) is 8.34. The summed E-state index contributed by atoms with van der Waals surface area (Å²) in [5.74, 6) is -0.678. The number of aromatic nitrogens is 1. The van der Waals surface area contributed by atoms with E-state index in [1.54, 1.807) is 12.1 Å². The molecule has 4 rings (SSSR count). The Bertz CT molecular complexity index is 1380. The standard InChI is InChI=1S/C25H18Cl2F3N3O/c26-17-8-9-20(21(27)13-17)23(24(34)33-18-5-3-4-16(12-18)25(28,29)30)31-11-10-15-14-32-22-7-2-1-6-19(15)22/h1-9,12-14,32H,10-11H2,(H,33,34). The third-order valence-corrected chi connectivity index (χ3v) is 5.72. The van der Waals surface area contributed by atoms with Crippen LogP contribution in [-0.2, 0) is 17.4 Å². The molecule has 0 bridgehead atoms. The molecule has 34 heavy (non-hydrogen) atoms. The SMILES string of the molecule is O=C(Nc1cccc(C(F)(F)F)c1)C(=NCCc1c[nH]c2ccccc12)c1ccc(Cl)cc1Cl. The maximum absolute atomic E-state index is 13.1. The first-order valence-corrected chi connectivity index (χ1v) is 11.0. The monoisotopic (exact) mass is 503 g/mol. The number of aliphatic imine (C=N–C) groups is 1. The number of amides is 1. The highest BCUT2D eigenvalue weighted by molar-refractivity contribution is 6.52. The van der Waals surface area contributed by atoms with E-state index in [1.807, 2.05) is 30.5 Å². The minimum Gasteiger partial charge on any atom is -0.361 e. The van der Waals surface area contributed by atoms with Gasteiger partial charge in [-0.05, 0) is 54.4 Å². The highest BCUT2D eigenvalue weighted by Gasteiger charge is 2.30. The molecule has 0 aliphatic rings. The first-order chi connectivity index (χ1) is 16.2. The molecular formula is C25H18Cl2F3N3O. The summed E-state index contributed by atoms with van der Waals surface area (Å²) < 4.78 is 39.2. The molecular weight excluding hydrogens is 486 g/mol. The second-order valence-electron chi connectivity index (χ2n) is 7.50. The van der Waals surface area contributed by atoms with Gasteiger partial charge in [0.25, 0.3) is 5.91 Å². The maximum atomic E-state index is 13.1. The quantitative estimate of drug-likeness (QED) is 0.269. The minimum atomic E-state index is -4.53. The summed E-state index contributed by atoms with van der Waals surface area (Å²) >= 11 is 12.3. The fourth-order valence-corrected chi connectivity index (χ4v) is 4.05. The van der Waals surface area contributed by atoms with Crippen molar-refractivity contribution in [1.29, 1.82) is 0 Å². The summed E-state index contributed by atoms with van der Waals surface area (Å²) in [7, 11) is 0. The number of halogens is 5. The number of H-pyrrole nitrogens is 1. The number of anilines is 1. The van der Waals surface area contributed by atoms with Gasteiger partial charge in [0.05, 0.1) is 10.6 Å². The molecule has 4 aromatic rings. The lowest BCUT2D eigenvalue weighted by molar-refractivity contribution is -0.137. The molecule has 0 aliphatic heterocycles. The molecule has 4 nitrogen and oxygen atoms in total. The van der Waals surface area contributed by atoms with Gasteiger partial charge in [-0.15, -0.1) is 0 Å². The van der Waals surface area contributed by atoms with E-state index in [0.717, 1.165) is 28.6 Å². The van der Waals surface area contributed by atoms with E-state index in [9.17, 15) is 18.0 Å². The first kappa shape index (κ1) is 23.9. The normalized spacial score (nSPS) is 12.2. The van der Waals surface area contributed by atoms with Crippen LogP contribution in [0, 0.1) is 0 Å². The summed E-state index contributed by atoms with van der Waals surface area (Å²) in [5.41, 5.74) is 1.47. The zero-order valence-electron chi connectivity index (χ0n) is 17.6. The van der Waals surface area contributed by atoms with Crippen LogP contribution >= 0.6 is 23.2 Å². The number of fused-ring (bicyclic) bond motifs is 1. The largest absolute Gasteiger partial charge is 0.416 e. The maximum Gasteiger partial charge on any atom is 0.416 e. The number of para-hydroxylation sites is 1. The molecule has 0 atom stereocenters. The topological polar surface area (TPSA) is 57.2 Å². The second kappa shape index (κ2) is 9.91. The van der Waals surface area contributed by atoms with Crippen molar-refractivity contribution in [1.82, 2.24) is 4.98 Å². The van der Waals surface area contributed by atoms with Crippen molar-refractivity contribution in [3.8, 4) is 0 Å². The number of hydrogen-bond acceptors (Lipinski definition) is 2. The molecule has 0 unspecified atom stereocenters. The van der Waals surface area contributed by atoms with Crippen molar-refractivity contribution >= 4 is 51.4 Å². The van der Waals surface area contributed by atoms with Gasteiger partial charge in [-0.2, -0.15) is 13.2 Å². The van der Waals surface area contributed by atoms with Crippen LogP contribution in [0.4, 0.5) is 18.9 Å². The van der Waals surface area contributed by atoms with Crippen LogP contribution in [0.1, 0.15) is 16.7 Å². The number of alkyl halides is 3. The summed E-state index contributed by atoms with van der Waals surface area (Å²) in [6.45, 7) is 0.256. The van der Waals surface area contributed by atoms with Gasteiger partial charge in [-0.25, -0.2) is 0 Å². The zero-order chi connectivity index (χ0) is 24.3. The average molecular weight is 504 g/mol. The van der Waals surface area contributed by atoms with E-state index >= 15 is 0 Å². The number of carbonyl (C=O) groups is 1. The molecule has 174 valence electrons. The Morgan fingerprint density at radius 1 is 1.00 bits per heavy atom. The Balaban J connectivity index is 1.62. The number of nitrogens with zero attached hydrogens (tertiary/aromatic N) is 1. The summed E-state index contributed by atoms with van der Waals surface area (Å²) in [6.07, 6.45) is -2.11. The van der Waals surface area contributed by atoms with Crippen molar-refractivity contribution in [3.05, 3.63) is 99.7 Å². The lowest BCUT2D eigenvalue weighted by Crippen LogP contribution is -2.25. The van der Waals surface area contributed by atoms with Gasteiger partial charge in [0.1, 0.15) is 5.71 Å². The molecule has 1 aromatic heterocycles. The Morgan fingerprint density at radius 2 is 1.79 bits per heavy atom. The van der Waals surface area contributed by atoms with E-state index in [1.165, 1.54) is 18.2 Å². The van der Waals surface area contributed by atoms with E-state index < -0.39 is 17.6 Å². The van der Waals surface area contributed by atoms with Crippen LogP contribution < -0.4 is 5.32 Å². The molecule has 0 spiro atoms. The van der Waals surface area contributed by atoms with Crippen molar-refractivity contribution < 1.29 is 18.0 Å². The van der Waals surface area contributed by atoms with E-state index in [4.69, 9.17) is 23.2 Å². The van der Waals surface area contributed by atoms with Gasteiger partial charge < -0.3 is 10.3 Å². The van der Waals surface area contributed by atoms with Crippen molar-refractivity contribution in [3.63, 3.8) is 0 Å². The average Bonchev–Trinajstić information content (AvgIpc) is 3.20. The highest BCUT2D eigenvalue weighted by atomic mass is 35.5. The predicted octanol–water partition coefficient (Wildman–Crippen LogP) is 7.16. The molecule has 0 radical (unpaired) electrons. The number of hydrogen-bond donors (Lipinski definition) is 2.